The zero-order valence-corrected chi connectivity index (χ0v) is 17.4. The first-order valence-corrected chi connectivity index (χ1v) is 11.0. The summed E-state index contributed by atoms with van der Waals surface area (Å²) >= 11 is 6.47. The molecule has 2 aromatic carbocycles. The monoisotopic (exact) mass is 416 g/mol. The molecule has 2 atom stereocenters. The van der Waals surface area contributed by atoms with Crippen molar-refractivity contribution in [2.75, 3.05) is 19.8 Å². The first kappa shape index (κ1) is 20.7. The van der Waals surface area contributed by atoms with Crippen molar-refractivity contribution in [3.8, 4) is 5.75 Å². The molecule has 0 radical (unpaired) electrons. The van der Waals surface area contributed by atoms with Crippen molar-refractivity contribution in [1.29, 1.82) is 0 Å². The van der Waals surface area contributed by atoms with E-state index in [0.29, 0.717) is 19.3 Å². The van der Waals surface area contributed by atoms with Crippen LogP contribution in [0.2, 0.25) is 5.02 Å². The van der Waals surface area contributed by atoms with E-state index in [1.54, 1.807) is 0 Å². The number of hydrogen-bond acceptors (Lipinski definition) is 4. The number of aliphatic hydroxyl groups excluding tert-OH is 1. The summed E-state index contributed by atoms with van der Waals surface area (Å²) in [6, 6.07) is 14.3. The Morgan fingerprint density at radius 3 is 2.59 bits per heavy atom. The highest BCUT2D eigenvalue weighted by Crippen LogP contribution is 2.33. The molecule has 0 amide bonds. The van der Waals surface area contributed by atoms with Crippen LogP contribution in [0.4, 0.5) is 0 Å². The highest BCUT2D eigenvalue weighted by atomic mass is 35.5. The van der Waals surface area contributed by atoms with Gasteiger partial charge in [-0.05, 0) is 73.4 Å². The molecule has 156 valence electrons. The second-order valence-electron chi connectivity index (χ2n) is 7.95. The van der Waals surface area contributed by atoms with E-state index < -0.39 is 0 Å². The molecule has 0 spiro atoms. The Morgan fingerprint density at radius 2 is 1.83 bits per heavy atom. The summed E-state index contributed by atoms with van der Waals surface area (Å²) in [5.41, 5.74) is 3.41. The maximum absolute atomic E-state index is 9.40. The van der Waals surface area contributed by atoms with Crippen LogP contribution in [-0.2, 0) is 15.9 Å². The van der Waals surface area contributed by atoms with Gasteiger partial charge in [-0.15, -0.1) is 0 Å². The Labute approximate surface area is 177 Å². The topological polar surface area (TPSA) is 47.9 Å². The van der Waals surface area contributed by atoms with E-state index in [9.17, 15) is 5.11 Å². The average Bonchev–Trinajstić information content (AvgIpc) is 3.58. The van der Waals surface area contributed by atoms with Crippen LogP contribution >= 0.6 is 11.6 Å². The molecule has 2 aromatic rings. The zero-order chi connectivity index (χ0) is 20.1. The lowest BCUT2D eigenvalue weighted by Crippen LogP contribution is -2.25. The van der Waals surface area contributed by atoms with Gasteiger partial charge in [0.2, 0.25) is 0 Å². The van der Waals surface area contributed by atoms with Gasteiger partial charge in [0.05, 0.1) is 31.5 Å². The van der Waals surface area contributed by atoms with Crippen LogP contribution in [0.25, 0.3) is 0 Å². The van der Waals surface area contributed by atoms with Crippen molar-refractivity contribution in [3.05, 3.63) is 64.2 Å². The van der Waals surface area contributed by atoms with Gasteiger partial charge in [-0.25, -0.2) is 0 Å². The molecule has 2 aliphatic rings. The van der Waals surface area contributed by atoms with Gasteiger partial charge in [0.25, 0.3) is 0 Å². The van der Waals surface area contributed by atoms with E-state index in [4.69, 9.17) is 25.8 Å². The van der Waals surface area contributed by atoms with Crippen LogP contribution in [0.15, 0.2) is 42.5 Å². The lowest BCUT2D eigenvalue weighted by atomic mass is 9.95. The SMILES string of the molecule is OC[C@H]1CCC[C@@H](c2ccc(Cl)c(Cc3ccc(OCCOC4CC4)cc3)c2)O1. The summed E-state index contributed by atoms with van der Waals surface area (Å²) in [6.45, 7) is 1.31. The molecule has 1 N–H and O–H groups in total. The van der Waals surface area contributed by atoms with Crippen molar-refractivity contribution in [2.45, 2.75) is 56.8 Å². The van der Waals surface area contributed by atoms with Crippen LogP contribution in [0.1, 0.15) is 54.9 Å². The Morgan fingerprint density at radius 1 is 1.00 bits per heavy atom. The number of aliphatic hydroxyl groups is 1. The van der Waals surface area contributed by atoms with Crippen LogP contribution in [0.5, 0.6) is 5.75 Å². The van der Waals surface area contributed by atoms with Crippen molar-refractivity contribution in [3.63, 3.8) is 0 Å². The molecule has 1 saturated heterocycles. The van der Waals surface area contributed by atoms with Crippen LogP contribution in [0, 0.1) is 0 Å². The summed E-state index contributed by atoms with van der Waals surface area (Å²) in [6.07, 6.45) is 6.55. The summed E-state index contributed by atoms with van der Waals surface area (Å²) in [4.78, 5) is 0. The van der Waals surface area contributed by atoms with Crippen molar-refractivity contribution < 1.29 is 19.3 Å². The van der Waals surface area contributed by atoms with Gasteiger partial charge in [-0.2, -0.15) is 0 Å². The lowest BCUT2D eigenvalue weighted by Gasteiger charge is -2.29. The first-order valence-electron chi connectivity index (χ1n) is 10.6. The summed E-state index contributed by atoms with van der Waals surface area (Å²) in [7, 11) is 0. The molecule has 4 nitrogen and oxygen atoms in total. The van der Waals surface area contributed by atoms with E-state index in [0.717, 1.165) is 47.6 Å². The number of rotatable bonds is 9. The van der Waals surface area contributed by atoms with Crippen LogP contribution in [-0.4, -0.2) is 37.1 Å². The predicted molar refractivity (Wildman–Crippen MR) is 114 cm³/mol. The number of hydrogen-bond donors (Lipinski definition) is 1. The van der Waals surface area contributed by atoms with Crippen molar-refractivity contribution in [2.24, 2.45) is 0 Å². The molecular formula is C24H29ClO4. The number of benzene rings is 2. The molecule has 0 bridgehead atoms. The van der Waals surface area contributed by atoms with Gasteiger partial charge < -0.3 is 19.3 Å². The molecule has 1 aliphatic carbocycles. The summed E-state index contributed by atoms with van der Waals surface area (Å²) in [5, 5.41) is 10.2. The predicted octanol–water partition coefficient (Wildman–Crippen LogP) is 5.09. The number of halogens is 1. The Kier molecular flexibility index (Phi) is 7.09. The van der Waals surface area contributed by atoms with Gasteiger partial charge >= 0.3 is 0 Å². The van der Waals surface area contributed by atoms with Gasteiger partial charge in [0.1, 0.15) is 12.4 Å². The third kappa shape index (κ3) is 5.95. The van der Waals surface area contributed by atoms with Gasteiger partial charge in [0.15, 0.2) is 0 Å². The lowest BCUT2D eigenvalue weighted by molar-refractivity contribution is -0.0737. The third-order valence-electron chi connectivity index (χ3n) is 5.54. The van der Waals surface area contributed by atoms with Gasteiger partial charge in [0, 0.05) is 5.02 Å². The van der Waals surface area contributed by atoms with E-state index >= 15 is 0 Å². The van der Waals surface area contributed by atoms with Crippen molar-refractivity contribution >= 4 is 11.6 Å². The molecule has 4 rings (SSSR count). The zero-order valence-electron chi connectivity index (χ0n) is 16.7. The maximum Gasteiger partial charge on any atom is 0.119 e. The molecule has 0 aromatic heterocycles. The van der Waals surface area contributed by atoms with E-state index in [-0.39, 0.29) is 18.8 Å². The molecule has 5 heteroatoms. The smallest absolute Gasteiger partial charge is 0.119 e. The molecule has 29 heavy (non-hydrogen) atoms. The molecule has 0 unspecified atom stereocenters. The van der Waals surface area contributed by atoms with E-state index in [1.165, 1.54) is 18.4 Å². The van der Waals surface area contributed by atoms with Crippen molar-refractivity contribution in [1.82, 2.24) is 0 Å². The molecule has 1 aliphatic heterocycles. The second-order valence-corrected chi connectivity index (χ2v) is 8.36. The Balaban J connectivity index is 1.35. The molecular weight excluding hydrogens is 388 g/mol. The fraction of sp³-hybridized carbons (Fsp3) is 0.500. The Hall–Kier alpha value is -1.59. The minimum Gasteiger partial charge on any atom is -0.491 e. The minimum absolute atomic E-state index is 0.0329. The second kappa shape index (κ2) is 9.94. The third-order valence-corrected chi connectivity index (χ3v) is 5.91. The van der Waals surface area contributed by atoms with Gasteiger partial charge in [-0.1, -0.05) is 35.9 Å². The fourth-order valence-corrected chi connectivity index (χ4v) is 3.93. The maximum atomic E-state index is 9.40. The van der Waals surface area contributed by atoms with E-state index in [2.05, 4.69) is 18.2 Å². The highest BCUT2D eigenvalue weighted by Gasteiger charge is 2.24. The van der Waals surface area contributed by atoms with Crippen LogP contribution in [0.3, 0.4) is 0 Å². The van der Waals surface area contributed by atoms with Gasteiger partial charge in [-0.3, -0.25) is 0 Å². The number of ether oxygens (including phenoxy) is 3. The molecule has 2 fully saturated rings. The average molecular weight is 417 g/mol. The molecule has 1 heterocycles. The Bertz CT molecular complexity index is 788. The fourth-order valence-electron chi connectivity index (χ4n) is 3.74. The summed E-state index contributed by atoms with van der Waals surface area (Å²) in [5.74, 6) is 0.860. The molecule has 1 saturated carbocycles. The largest absolute Gasteiger partial charge is 0.491 e. The first-order chi connectivity index (χ1) is 14.2. The standard InChI is InChI=1S/C24H29ClO4/c25-23-11-6-18(24-3-1-2-22(16-26)29-24)15-19(23)14-17-4-7-20(8-5-17)27-12-13-28-21-9-10-21/h4-8,11,15,21-22,24,26H,1-3,9-10,12-14,16H2/t22-,24+/m1/s1. The highest BCUT2D eigenvalue weighted by molar-refractivity contribution is 6.31. The normalized spacial score (nSPS) is 21.9. The van der Waals surface area contributed by atoms with Crippen LogP contribution < -0.4 is 4.74 Å². The van der Waals surface area contributed by atoms with E-state index in [1.807, 2.05) is 24.3 Å². The quantitative estimate of drug-likeness (QED) is 0.578. The minimum atomic E-state index is -0.0601. The summed E-state index contributed by atoms with van der Waals surface area (Å²) < 4.78 is 17.4.